The third-order valence-electron chi connectivity index (χ3n) is 3.94. The molecule has 0 aliphatic carbocycles. The molecule has 1 rings (SSSR count). The standard InChI is InChI=1S/C19H26N2O4/c1-13-9-15(14(2)21(13)7-8-24-6)10-16(11-20)18(23)25-12-17(22)19(3,4)5/h9-10H,7-8,12H2,1-6H3/b16-10+. The number of esters is 1. The van der Waals surface area contributed by atoms with Crippen LogP contribution in [-0.4, -0.2) is 36.6 Å². The molecule has 0 fully saturated rings. The first-order valence-electron chi connectivity index (χ1n) is 8.09. The Labute approximate surface area is 149 Å². The average molecular weight is 346 g/mol. The Bertz CT molecular complexity index is 715. The second-order valence-electron chi connectivity index (χ2n) is 6.89. The van der Waals surface area contributed by atoms with Gasteiger partial charge >= 0.3 is 5.97 Å². The van der Waals surface area contributed by atoms with Crippen LogP contribution in [0, 0.1) is 30.6 Å². The zero-order chi connectivity index (χ0) is 19.2. The van der Waals surface area contributed by atoms with Crippen molar-refractivity contribution < 1.29 is 19.1 Å². The number of aryl methyl sites for hydroxylation is 1. The summed E-state index contributed by atoms with van der Waals surface area (Å²) < 4.78 is 12.1. The minimum Gasteiger partial charge on any atom is -0.454 e. The fourth-order valence-corrected chi connectivity index (χ4v) is 2.22. The molecule has 0 aliphatic heterocycles. The highest BCUT2D eigenvalue weighted by Gasteiger charge is 2.23. The third kappa shape index (κ3) is 5.57. The van der Waals surface area contributed by atoms with Crippen molar-refractivity contribution in [2.45, 2.75) is 41.2 Å². The largest absolute Gasteiger partial charge is 0.454 e. The van der Waals surface area contributed by atoms with E-state index in [-0.39, 0.29) is 18.0 Å². The quantitative estimate of drug-likeness (QED) is 0.431. The molecule has 136 valence electrons. The first-order valence-corrected chi connectivity index (χ1v) is 8.09. The third-order valence-corrected chi connectivity index (χ3v) is 3.94. The van der Waals surface area contributed by atoms with Gasteiger partial charge in [0.05, 0.1) is 6.61 Å². The summed E-state index contributed by atoms with van der Waals surface area (Å²) in [4.78, 5) is 23.9. The van der Waals surface area contributed by atoms with Gasteiger partial charge in [-0.15, -0.1) is 0 Å². The Morgan fingerprint density at radius 3 is 2.48 bits per heavy atom. The van der Waals surface area contributed by atoms with Crippen LogP contribution in [0.25, 0.3) is 6.08 Å². The SMILES string of the molecule is COCCn1c(C)cc(/C=C(\C#N)C(=O)OCC(=O)C(C)(C)C)c1C. The summed E-state index contributed by atoms with van der Waals surface area (Å²) in [5.74, 6) is -0.988. The molecule has 0 spiro atoms. The molecule has 0 N–H and O–H groups in total. The van der Waals surface area contributed by atoms with E-state index in [2.05, 4.69) is 4.57 Å². The van der Waals surface area contributed by atoms with Crippen LogP contribution in [0.3, 0.4) is 0 Å². The van der Waals surface area contributed by atoms with E-state index in [1.165, 1.54) is 6.08 Å². The smallest absolute Gasteiger partial charge is 0.349 e. The van der Waals surface area contributed by atoms with Gasteiger partial charge in [0, 0.05) is 30.5 Å². The van der Waals surface area contributed by atoms with Gasteiger partial charge in [-0.3, -0.25) is 4.79 Å². The van der Waals surface area contributed by atoms with Crippen molar-refractivity contribution in [2.75, 3.05) is 20.3 Å². The van der Waals surface area contributed by atoms with Crippen molar-refractivity contribution in [2.24, 2.45) is 5.41 Å². The predicted octanol–water partition coefficient (Wildman–Crippen LogP) is 2.82. The molecule has 6 nitrogen and oxygen atoms in total. The lowest BCUT2D eigenvalue weighted by atomic mass is 9.91. The molecule has 0 atom stereocenters. The number of carbonyl (C=O) groups excluding carboxylic acids is 2. The van der Waals surface area contributed by atoms with Crippen molar-refractivity contribution >= 4 is 17.8 Å². The molecule has 0 aliphatic rings. The fourth-order valence-electron chi connectivity index (χ4n) is 2.22. The van der Waals surface area contributed by atoms with Crippen LogP contribution in [0.4, 0.5) is 0 Å². The van der Waals surface area contributed by atoms with Crippen molar-refractivity contribution in [1.29, 1.82) is 5.26 Å². The highest BCUT2D eigenvalue weighted by molar-refractivity contribution is 5.99. The first kappa shape index (κ1) is 20.7. The summed E-state index contributed by atoms with van der Waals surface area (Å²) in [7, 11) is 1.64. The molecule has 1 aromatic heterocycles. The lowest BCUT2D eigenvalue weighted by Crippen LogP contribution is -2.26. The first-order chi connectivity index (χ1) is 11.6. The number of aromatic nitrogens is 1. The summed E-state index contributed by atoms with van der Waals surface area (Å²) in [6.45, 7) is 10.0. The maximum atomic E-state index is 12.1. The lowest BCUT2D eigenvalue weighted by molar-refractivity contribution is -0.146. The van der Waals surface area contributed by atoms with Gasteiger partial charge in [-0.25, -0.2) is 4.79 Å². The van der Waals surface area contributed by atoms with Crippen molar-refractivity contribution in [3.63, 3.8) is 0 Å². The molecule has 0 saturated heterocycles. The topological polar surface area (TPSA) is 81.3 Å². The number of ketones is 1. The number of nitrogens with zero attached hydrogens (tertiary/aromatic N) is 2. The molecule has 6 heteroatoms. The minimum atomic E-state index is -0.790. The number of carbonyl (C=O) groups is 2. The zero-order valence-corrected chi connectivity index (χ0v) is 15.8. The number of hydrogen-bond donors (Lipinski definition) is 0. The number of nitriles is 1. The molecule has 1 aromatic rings. The maximum absolute atomic E-state index is 12.1. The van der Waals surface area contributed by atoms with Gasteiger partial charge in [0.25, 0.3) is 0 Å². The van der Waals surface area contributed by atoms with Crippen LogP contribution in [0.1, 0.15) is 37.7 Å². The molecule has 25 heavy (non-hydrogen) atoms. The maximum Gasteiger partial charge on any atom is 0.349 e. The highest BCUT2D eigenvalue weighted by atomic mass is 16.5. The van der Waals surface area contributed by atoms with E-state index < -0.39 is 11.4 Å². The zero-order valence-electron chi connectivity index (χ0n) is 15.8. The number of Topliss-reactive ketones (excluding diaryl/α,β-unsaturated/α-hetero) is 1. The molecule has 0 unspecified atom stereocenters. The van der Waals surface area contributed by atoms with Crippen LogP contribution in [0.2, 0.25) is 0 Å². The van der Waals surface area contributed by atoms with E-state index in [0.29, 0.717) is 13.2 Å². The van der Waals surface area contributed by atoms with Gasteiger partial charge in [-0.1, -0.05) is 20.8 Å². The fraction of sp³-hybridized carbons (Fsp3) is 0.526. The Morgan fingerprint density at radius 1 is 1.32 bits per heavy atom. The lowest BCUT2D eigenvalue weighted by Gasteiger charge is -2.15. The average Bonchev–Trinajstić information content (AvgIpc) is 2.80. The van der Waals surface area contributed by atoms with Crippen LogP contribution in [-0.2, 0) is 25.6 Å². The van der Waals surface area contributed by atoms with Crippen LogP contribution >= 0.6 is 0 Å². The molecule has 0 radical (unpaired) electrons. The van der Waals surface area contributed by atoms with E-state index in [1.807, 2.05) is 26.0 Å². The molecular weight excluding hydrogens is 320 g/mol. The Kier molecular flexibility index (Phi) is 7.13. The summed E-state index contributed by atoms with van der Waals surface area (Å²) in [6.07, 6.45) is 1.50. The van der Waals surface area contributed by atoms with E-state index >= 15 is 0 Å². The van der Waals surface area contributed by atoms with E-state index in [4.69, 9.17) is 9.47 Å². The molecule has 0 bridgehead atoms. The normalized spacial score (nSPS) is 12.0. The Balaban J connectivity index is 2.95. The molecule has 0 saturated carbocycles. The Morgan fingerprint density at radius 2 is 1.96 bits per heavy atom. The predicted molar refractivity (Wildman–Crippen MR) is 94.8 cm³/mol. The molecule has 0 aromatic carbocycles. The highest BCUT2D eigenvalue weighted by Crippen LogP contribution is 2.19. The number of rotatable bonds is 7. The van der Waals surface area contributed by atoms with Gasteiger partial charge < -0.3 is 14.0 Å². The number of methoxy groups -OCH3 is 1. The summed E-state index contributed by atoms with van der Waals surface area (Å²) in [5, 5.41) is 9.26. The van der Waals surface area contributed by atoms with Crippen molar-refractivity contribution in [1.82, 2.24) is 4.57 Å². The summed E-state index contributed by atoms with van der Waals surface area (Å²) >= 11 is 0. The second kappa shape index (κ2) is 8.63. The van der Waals surface area contributed by atoms with Gasteiger partial charge in [0.2, 0.25) is 0 Å². The van der Waals surface area contributed by atoms with Gasteiger partial charge in [-0.2, -0.15) is 5.26 Å². The summed E-state index contributed by atoms with van der Waals surface area (Å²) in [6, 6.07) is 3.75. The molecular formula is C19H26N2O4. The summed E-state index contributed by atoms with van der Waals surface area (Å²) in [5.41, 5.74) is 1.98. The van der Waals surface area contributed by atoms with Gasteiger partial charge in [-0.05, 0) is 31.6 Å². The van der Waals surface area contributed by atoms with Crippen LogP contribution in [0.15, 0.2) is 11.6 Å². The van der Waals surface area contributed by atoms with E-state index in [0.717, 1.165) is 17.0 Å². The van der Waals surface area contributed by atoms with Gasteiger partial charge in [0.15, 0.2) is 12.4 Å². The number of ether oxygens (including phenoxy) is 2. The molecule has 1 heterocycles. The van der Waals surface area contributed by atoms with Crippen LogP contribution in [0.5, 0.6) is 0 Å². The van der Waals surface area contributed by atoms with Crippen molar-refractivity contribution in [3.05, 3.63) is 28.6 Å². The van der Waals surface area contributed by atoms with E-state index in [1.54, 1.807) is 27.9 Å². The second-order valence-corrected chi connectivity index (χ2v) is 6.89. The van der Waals surface area contributed by atoms with E-state index in [9.17, 15) is 14.9 Å². The van der Waals surface area contributed by atoms with Crippen molar-refractivity contribution in [3.8, 4) is 6.07 Å². The monoisotopic (exact) mass is 346 g/mol. The number of hydrogen-bond acceptors (Lipinski definition) is 5. The Hall–Kier alpha value is -2.39. The van der Waals surface area contributed by atoms with Gasteiger partial charge in [0.1, 0.15) is 11.6 Å². The van der Waals surface area contributed by atoms with Crippen LogP contribution < -0.4 is 0 Å². The molecule has 0 amide bonds. The minimum absolute atomic E-state index is 0.131.